The van der Waals surface area contributed by atoms with Gasteiger partial charge >= 0.3 is 0 Å². The Balaban J connectivity index is 1.84. The number of anilines is 1. The largest absolute Gasteiger partial charge is 0.317 e. The maximum absolute atomic E-state index is 12.5. The molecule has 142 valence electrons. The highest BCUT2D eigenvalue weighted by molar-refractivity contribution is 7.15. The van der Waals surface area contributed by atoms with Crippen molar-refractivity contribution < 1.29 is 4.79 Å². The lowest BCUT2D eigenvalue weighted by atomic mass is 10.1. The summed E-state index contributed by atoms with van der Waals surface area (Å²) in [6, 6.07) is 11.9. The highest BCUT2D eigenvalue weighted by Crippen LogP contribution is 2.20. The van der Waals surface area contributed by atoms with Gasteiger partial charge in [-0.1, -0.05) is 24.3 Å². The number of hydrogen-bond donors (Lipinski definition) is 1. The van der Waals surface area contributed by atoms with E-state index in [-0.39, 0.29) is 5.57 Å². The van der Waals surface area contributed by atoms with Crippen LogP contribution < -0.4 is 5.32 Å². The number of nitrogens with zero attached hydrogens (tertiary/aromatic N) is 4. The van der Waals surface area contributed by atoms with Gasteiger partial charge in [0, 0.05) is 24.0 Å². The van der Waals surface area contributed by atoms with Crippen LogP contribution in [-0.2, 0) is 11.2 Å². The van der Waals surface area contributed by atoms with E-state index in [9.17, 15) is 10.1 Å². The molecule has 0 aliphatic rings. The van der Waals surface area contributed by atoms with Gasteiger partial charge in [-0.15, -0.1) is 10.2 Å². The Morgan fingerprint density at radius 3 is 2.82 bits per heavy atom. The van der Waals surface area contributed by atoms with E-state index < -0.39 is 5.91 Å². The van der Waals surface area contributed by atoms with Gasteiger partial charge < -0.3 is 4.57 Å². The van der Waals surface area contributed by atoms with E-state index in [1.165, 1.54) is 22.5 Å². The SMILES string of the molecule is CCCc1nnc(NC(=O)C(C#N)=Cc2cccn2-c2ccc(C)c(C)c2)s1. The third kappa shape index (κ3) is 4.35. The molecule has 0 saturated carbocycles. The number of rotatable bonds is 6. The first-order valence-corrected chi connectivity index (χ1v) is 9.84. The molecular weight excluding hydrogens is 370 g/mol. The molecule has 0 unspecified atom stereocenters. The van der Waals surface area contributed by atoms with Crippen molar-refractivity contribution in [2.75, 3.05) is 5.32 Å². The van der Waals surface area contributed by atoms with E-state index in [4.69, 9.17) is 0 Å². The zero-order valence-electron chi connectivity index (χ0n) is 16.1. The van der Waals surface area contributed by atoms with Crippen LogP contribution in [0.3, 0.4) is 0 Å². The van der Waals surface area contributed by atoms with Crippen LogP contribution in [-0.4, -0.2) is 20.7 Å². The molecule has 0 saturated heterocycles. The minimum Gasteiger partial charge on any atom is -0.317 e. The molecule has 0 atom stereocenters. The fourth-order valence-corrected chi connectivity index (χ4v) is 3.54. The van der Waals surface area contributed by atoms with Crippen molar-refractivity contribution in [3.05, 3.63) is 63.9 Å². The van der Waals surface area contributed by atoms with E-state index in [0.717, 1.165) is 29.2 Å². The average Bonchev–Trinajstić information content (AvgIpc) is 3.31. The monoisotopic (exact) mass is 391 g/mol. The van der Waals surface area contributed by atoms with Gasteiger partial charge in [0.25, 0.3) is 5.91 Å². The topological polar surface area (TPSA) is 83.6 Å². The Hall–Kier alpha value is -3.24. The smallest absolute Gasteiger partial charge is 0.268 e. The Bertz CT molecular complexity index is 1070. The molecule has 0 aliphatic heterocycles. The van der Waals surface area contributed by atoms with Crippen molar-refractivity contribution in [3.8, 4) is 11.8 Å². The van der Waals surface area contributed by atoms with Crippen LogP contribution in [0.2, 0.25) is 0 Å². The molecule has 0 radical (unpaired) electrons. The van der Waals surface area contributed by atoms with Crippen molar-refractivity contribution in [1.29, 1.82) is 5.26 Å². The molecule has 1 amide bonds. The summed E-state index contributed by atoms with van der Waals surface area (Å²) in [5, 5.41) is 21.4. The molecule has 6 nitrogen and oxygen atoms in total. The van der Waals surface area contributed by atoms with Crippen molar-refractivity contribution >= 4 is 28.5 Å². The highest BCUT2D eigenvalue weighted by Gasteiger charge is 2.14. The van der Waals surface area contributed by atoms with Crippen molar-refractivity contribution in [1.82, 2.24) is 14.8 Å². The minimum atomic E-state index is -0.491. The molecule has 1 N–H and O–H groups in total. The van der Waals surface area contributed by atoms with Gasteiger partial charge in [0.15, 0.2) is 0 Å². The van der Waals surface area contributed by atoms with Gasteiger partial charge in [0.05, 0.1) is 0 Å². The van der Waals surface area contributed by atoms with Crippen LogP contribution in [0, 0.1) is 25.2 Å². The van der Waals surface area contributed by atoms with Gasteiger partial charge in [-0.2, -0.15) is 5.26 Å². The van der Waals surface area contributed by atoms with Gasteiger partial charge in [-0.3, -0.25) is 10.1 Å². The number of amides is 1. The molecule has 0 bridgehead atoms. The second kappa shape index (κ2) is 8.63. The van der Waals surface area contributed by atoms with Crippen molar-refractivity contribution in [2.45, 2.75) is 33.6 Å². The maximum Gasteiger partial charge on any atom is 0.268 e. The molecule has 7 heteroatoms. The normalized spacial score (nSPS) is 11.3. The number of nitrogens with one attached hydrogen (secondary N) is 1. The van der Waals surface area contributed by atoms with Crippen LogP contribution in [0.25, 0.3) is 11.8 Å². The van der Waals surface area contributed by atoms with E-state index in [2.05, 4.69) is 48.4 Å². The number of carbonyl (C=O) groups excluding carboxylic acids is 1. The summed E-state index contributed by atoms with van der Waals surface area (Å²) in [4.78, 5) is 12.5. The van der Waals surface area contributed by atoms with E-state index in [1.54, 1.807) is 6.08 Å². The van der Waals surface area contributed by atoms with Gasteiger partial charge in [0.1, 0.15) is 16.6 Å². The number of carbonyl (C=O) groups is 1. The number of nitriles is 1. The quantitative estimate of drug-likeness (QED) is 0.497. The summed E-state index contributed by atoms with van der Waals surface area (Å²) >= 11 is 1.33. The summed E-state index contributed by atoms with van der Waals surface area (Å²) in [6.07, 6.45) is 5.27. The molecule has 28 heavy (non-hydrogen) atoms. The molecule has 0 aliphatic carbocycles. The van der Waals surface area contributed by atoms with Crippen LogP contribution in [0.15, 0.2) is 42.1 Å². The Morgan fingerprint density at radius 2 is 2.11 bits per heavy atom. The number of aryl methyl sites for hydroxylation is 3. The molecule has 3 aromatic rings. The average molecular weight is 392 g/mol. The third-order valence-corrected chi connectivity index (χ3v) is 5.26. The molecule has 2 heterocycles. The highest BCUT2D eigenvalue weighted by atomic mass is 32.1. The zero-order chi connectivity index (χ0) is 20.1. The summed E-state index contributed by atoms with van der Waals surface area (Å²) in [5.41, 5.74) is 4.13. The van der Waals surface area contributed by atoms with Crippen molar-refractivity contribution in [2.24, 2.45) is 0 Å². The number of hydrogen-bond acceptors (Lipinski definition) is 5. The van der Waals surface area contributed by atoms with Crippen LogP contribution >= 0.6 is 11.3 Å². The molecule has 2 aromatic heterocycles. The fourth-order valence-electron chi connectivity index (χ4n) is 2.70. The predicted molar refractivity (Wildman–Crippen MR) is 111 cm³/mol. The summed E-state index contributed by atoms with van der Waals surface area (Å²) in [5.74, 6) is -0.491. The Morgan fingerprint density at radius 1 is 1.29 bits per heavy atom. The molecule has 0 fully saturated rings. The lowest BCUT2D eigenvalue weighted by molar-refractivity contribution is -0.112. The first-order valence-electron chi connectivity index (χ1n) is 9.02. The molecule has 3 rings (SSSR count). The van der Waals surface area contributed by atoms with Gasteiger partial charge in [-0.05, 0) is 61.7 Å². The van der Waals surface area contributed by atoms with Crippen molar-refractivity contribution in [3.63, 3.8) is 0 Å². The molecular formula is C21H21N5OS. The first-order chi connectivity index (χ1) is 13.5. The van der Waals surface area contributed by atoms with E-state index in [1.807, 2.05) is 35.0 Å². The standard InChI is InChI=1S/C21H21N5OS/c1-4-6-19-24-25-21(28-19)23-20(27)16(13-22)12-17-7-5-10-26(17)18-9-8-14(2)15(3)11-18/h5,7-12H,4,6H2,1-3H3,(H,23,25,27). The molecule has 0 spiro atoms. The van der Waals surface area contributed by atoms with Gasteiger partial charge in [0.2, 0.25) is 5.13 Å². The second-order valence-electron chi connectivity index (χ2n) is 6.45. The minimum absolute atomic E-state index is 0.0102. The first kappa shape index (κ1) is 19.5. The third-order valence-electron chi connectivity index (χ3n) is 4.36. The lowest BCUT2D eigenvalue weighted by Crippen LogP contribution is -2.13. The predicted octanol–water partition coefficient (Wildman–Crippen LogP) is 4.44. The second-order valence-corrected chi connectivity index (χ2v) is 7.51. The Kier molecular flexibility index (Phi) is 6.02. The van der Waals surface area contributed by atoms with Crippen LogP contribution in [0.1, 0.15) is 35.2 Å². The summed E-state index contributed by atoms with van der Waals surface area (Å²) in [6.45, 7) is 6.18. The van der Waals surface area contributed by atoms with Crippen LogP contribution in [0.5, 0.6) is 0 Å². The van der Waals surface area contributed by atoms with Gasteiger partial charge in [-0.25, -0.2) is 0 Å². The Labute approximate surface area is 168 Å². The number of benzene rings is 1. The van der Waals surface area contributed by atoms with Crippen LogP contribution in [0.4, 0.5) is 5.13 Å². The molecule has 1 aromatic carbocycles. The maximum atomic E-state index is 12.5. The summed E-state index contributed by atoms with van der Waals surface area (Å²) in [7, 11) is 0. The summed E-state index contributed by atoms with van der Waals surface area (Å²) < 4.78 is 1.95. The lowest BCUT2D eigenvalue weighted by Gasteiger charge is -2.09. The van der Waals surface area contributed by atoms with E-state index in [0.29, 0.717) is 5.13 Å². The fraction of sp³-hybridized carbons (Fsp3) is 0.238. The number of aromatic nitrogens is 3. The van der Waals surface area contributed by atoms with E-state index >= 15 is 0 Å². The zero-order valence-corrected chi connectivity index (χ0v) is 16.9.